The molecular formula is C16H18N2O. The zero-order valence-electron chi connectivity index (χ0n) is 11.4. The van der Waals surface area contributed by atoms with Crippen molar-refractivity contribution in [3.8, 4) is 0 Å². The maximum absolute atomic E-state index is 11.9. The Hall–Kier alpha value is -2.29. The third-order valence-electron chi connectivity index (χ3n) is 3.02. The smallest absolute Gasteiger partial charge is 0.307 e. The summed E-state index contributed by atoms with van der Waals surface area (Å²) in [5.41, 5.74) is 4.93. The van der Waals surface area contributed by atoms with Crippen molar-refractivity contribution in [3.05, 3.63) is 59.2 Å². The molecule has 0 aromatic heterocycles. The highest BCUT2D eigenvalue weighted by Crippen LogP contribution is 2.17. The van der Waals surface area contributed by atoms with E-state index in [1.54, 1.807) is 0 Å². The van der Waals surface area contributed by atoms with Gasteiger partial charge in [-0.15, -0.1) is 0 Å². The van der Waals surface area contributed by atoms with Gasteiger partial charge in [-0.05, 0) is 44.0 Å². The average molecular weight is 254 g/mol. The second-order valence-corrected chi connectivity index (χ2v) is 4.71. The first-order chi connectivity index (χ1) is 9.06. The minimum Gasteiger partial charge on any atom is -0.307 e. The normalized spacial score (nSPS) is 10.1. The van der Waals surface area contributed by atoms with E-state index in [-0.39, 0.29) is 6.03 Å². The number of aryl methyl sites for hydroxylation is 3. The molecule has 0 radical (unpaired) electrons. The topological polar surface area (TPSA) is 41.1 Å². The highest BCUT2D eigenvalue weighted by Gasteiger charge is 2.06. The Kier molecular flexibility index (Phi) is 3.85. The molecule has 98 valence electrons. The van der Waals surface area contributed by atoms with Gasteiger partial charge in [-0.1, -0.05) is 35.9 Å². The van der Waals surface area contributed by atoms with Crippen LogP contribution in [0.25, 0.3) is 0 Å². The summed E-state index contributed by atoms with van der Waals surface area (Å²) in [5.74, 6) is 0. The molecule has 0 bridgehead atoms. The standard InChI is InChI=1S/C16H18N2O/c1-11-8-9-15(13(3)10-11)18-16(19)17-14-7-5-4-6-12(14)2/h4-10H,1-3H3,(H2,17,18,19). The molecule has 3 nitrogen and oxygen atoms in total. The fourth-order valence-electron chi connectivity index (χ4n) is 1.94. The van der Waals surface area contributed by atoms with Gasteiger partial charge in [0.25, 0.3) is 0 Å². The van der Waals surface area contributed by atoms with Gasteiger partial charge in [-0.25, -0.2) is 4.79 Å². The zero-order chi connectivity index (χ0) is 13.8. The molecule has 0 aliphatic heterocycles. The molecule has 0 heterocycles. The zero-order valence-corrected chi connectivity index (χ0v) is 11.4. The van der Waals surface area contributed by atoms with Crippen LogP contribution in [-0.2, 0) is 0 Å². The minimum atomic E-state index is -0.221. The second-order valence-electron chi connectivity index (χ2n) is 4.71. The summed E-state index contributed by atoms with van der Waals surface area (Å²) >= 11 is 0. The summed E-state index contributed by atoms with van der Waals surface area (Å²) in [7, 11) is 0. The van der Waals surface area contributed by atoms with Crippen LogP contribution in [-0.4, -0.2) is 6.03 Å². The number of nitrogens with one attached hydrogen (secondary N) is 2. The van der Waals surface area contributed by atoms with E-state index in [4.69, 9.17) is 0 Å². The van der Waals surface area contributed by atoms with Crippen molar-refractivity contribution >= 4 is 17.4 Å². The van der Waals surface area contributed by atoms with E-state index < -0.39 is 0 Å². The van der Waals surface area contributed by atoms with Crippen molar-refractivity contribution in [3.63, 3.8) is 0 Å². The van der Waals surface area contributed by atoms with Crippen LogP contribution in [0.2, 0.25) is 0 Å². The van der Waals surface area contributed by atoms with Crippen molar-refractivity contribution in [1.29, 1.82) is 0 Å². The molecule has 2 N–H and O–H groups in total. The van der Waals surface area contributed by atoms with Gasteiger partial charge in [-0.3, -0.25) is 0 Å². The van der Waals surface area contributed by atoms with Gasteiger partial charge in [0.15, 0.2) is 0 Å². The fraction of sp³-hybridized carbons (Fsp3) is 0.188. The first-order valence-corrected chi connectivity index (χ1v) is 6.27. The van der Waals surface area contributed by atoms with E-state index in [0.717, 1.165) is 22.5 Å². The van der Waals surface area contributed by atoms with Crippen LogP contribution in [0.3, 0.4) is 0 Å². The number of hydrogen-bond acceptors (Lipinski definition) is 1. The first-order valence-electron chi connectivity index (χ1n) is 6.27. The Morgan fingerprint density at radius 2 is 1.47 bits per heavy atom. The summed E-state index contributed by atoms with van der Waals surface area (Å²) in [5, 5.41) is 5.71. The van der Waals surface area contributed by atoms with Gasteiger partial charge < -0.3 is 10.6 Å². The molecule has 2 rings (SSSR count). The van der Waals surface area contributed by atoms with Crippen molar-refractivity contribution in [2.45, 2.75) is 20.8 Å². The summed E-state index contributed by atoms with van der Waals surface area (Å²) in [6.45, 7) is 5.98. The van der Waals surface area contributed by atoms with Crippen molar-refractivity contribution < 1.29 is 4.79 Å². The van der Waals surface area contributed by atoms with Gasteiger partial charge in [0.2, 0.25) is 0 Å². The highest BCUT2D eigenvalue weighted by molar-refractivity contribution is 6.00. The van der Waals surface area contributed by atoms with E-state index in [2.05, 4.69) is 10.6 Å². The molecule has 2 amide bonds. The van der Waals surface area contributed by atoms with Crippen LogP contribution < -0.4 is 10.6 Å². The van der Waals surface area contributed by atoms with Crippen LogP contribution >= 0.6 is 0 Å². The van der Waals surface area contributed by atoms with Gasteiger partial charge in [-0.2, -0.15) is 0 Å². The molecule has 0 aliphatic rings. The van der Waals surface area contributed by atoms with Crippen LogP contribution in [0.4, 0.5) is 16.2 Å². The lowest BCUT2D eigenvalue weighted by atomic mass is 10.1. The summed E-state index contributed by atoms with van der Waals surface area (Å²) in [6.07, 6.45) is 0. The predicted octanol–water partition coefficient (Wildman–Crippen LogP) is 4.26. The number of anilines is 2. The fourth-order valence-corrected chi connectivity index (χ4v) is 1.94. The Morgan fingerprint density at radius 1 is 0.842 bits per heavy atom. The van der Waals surface area contributed by atoms with Crippen molar-refractivity contribution in [1.82, 2.24) is 0 Å². The minimum absolute atomic E-state index is 0.221. The summed E-state index contributed by atoms with van der Waals surface area (Å²) in [4.78, 5) is 11.9. The molecule has 0 spiro atoms. The maximum atomic E-state index is 11.9. The number of amides is 2. The first kappa shape index (κ1) is 13.1. The molecule has 19 heavy (non-hydrogen) atoms. The second kappa shape index (κ2) is 5.57. The van der Waals surface area contributed by atoms with Crippen molar-refractivity contribution in [2.24, 2.45) is 0 Å². The number of para-hydroxylation sites is 1. The van der Waals surface area contributed by atoms with Crippen LogP contribution in [0, 0.1) is 20.8 Å². The van der Waals surface area contributed by atoms with E-state index >= 15 is 0 Å². The lowest BCUT2D eigenvalue weighted by Gasteiger charge is -2.11. The Bertz CT molecular complexity index is 605. The Balaban J connectivity index is 2.08. The number of carbonyl (C=O) groups excluding carboxylic acids is 1. The molecule has 0 saturated carbocycles. The van der Waals surface area contributed by atoms with E-state index in [1.807, 2.05) is 63.2 Å². The SMILES string of the molecule is Cc1ccc(NC(=O)Nc2ccccc2C)c(C)c1. The third kappa shape index (κ3) is 3.35. The molecule has 0 unspecified atom stereocenters. The van der Waals surface area contributed by atoms with E-state index in [9.17, 15) is 4.79 Å². The molecule has 0 atom stereocenters. The number of hydrogen-bond donors (Lipinski definition) is 2. The monoisotopic (exact) mass is 254 g/mol. The highest BCUT2D eigenvalue weighted by atomic mass is 16.2. The molecule has 3 heteroatoms. The largest absolute Gasteiger partial charge is 0.323 e. The molecule has 0 fully saturated rings. The molecule has 0 aliphatic carbocycles. The maximum Gasteiger partial charge on any atom is 0.323 e. The molecule has 2 aromatic carbocycles. The quantitative estimate of drug-likeness (QED) is 0.826. The molecular weight excluding hydrogens is 236 g/mol. The average Bonchev–Trinajstić information content (AvgIpc) is 2.36. The number of benzene rings is 2. The lowest BCUT2D eigenvalue weighted by molar-refractivity contribution is 0.262. The summed E-state index contributed by atoms with van der Waals surface area (Å²) < 4.78 is 0. The van der Waals surface area contributed by atoms with Gasteiger partial charge in [0.1, 0.15) is 0 Å². The Morgan fingerprint density at radius 3 is 2.11 bits per heavy atom. The van der Waals surface area contributed by atoms with Gasteiger partial charge in [0, 0.05) is 11.4 Å². The molecule has 2 aromatic rings. The van der Waals surface area contributed by atoms with E-state index in [0.29, 0.717) is 0 Å². The van der Waals surface area contributed by atoms with E-state index in [1.165, 1.54) is 5.56 Å². The number of rotatable bonds is 2. The van der Waals surface area contributed by atoms with Crippen LogP contribution in [0.15, 0.2) is 42.5 Å². The Labute approximate surface area is 113 Å². The number of carbonyl (C=O) groups is 1. The lowest BCUT2D eigenvalue weighted by Crippen LogP contribution is -2.20. The summed E-state index contributed by atoms with van der Waals surface area (Å²) in [6, 6.07) is 13.4. The third-order valence-corrected chi connectivity index (χ3v) is 3.02. The number of urea groups is 1. The van der Waals surface area contributed by atoms with Crippen molar-refractivity contribution in [2.75, 3.05) is 10.6 Å². The van der Waals surface area contributed by atoms with Gasteiger partial charge >= 0.3 is 6.03 Å². The van der Waals surface area contributed by atoms with Gasteiger partial charge in [0.05, 0.1) is 0 Å². The van der Waals surface area contributed by atoms with Crippen LogP contribution in [0.5, 0.6) is 0 Å². The van der Waals surface area contributed by atoms with Crippen LogP contribution in [0.1, 0.15) is 16.7 Å². The predicted molar refractivity (Wildman–Crippen MR) is 79.7 cm³/mol. The molecule has 0 saturated heterocycles.